The third kappa shape index (κ3) is 7.19. The predicted octanol–water partition coefficient (Wildman–Crippen LogP) is 2.14. The minimum atomic E-state index is -0.798. The highest BCUT2D eigenvalue weighted by atomic mass is 16.5. The van der Waals surface area contributed by atoms with Crippen LogP contribution in [-0.2, 0) is 9.53 Å². The van der Waals surface area contributed by atoms with E-state index in [1.807, 2.05) is 32.1 Å². The number of hydrogen-bond donors (Lipinski definition) is 4. The lowest BCUT2D eigenvalue weighted by atomic mass is 9.85. The first-order chi connectivity index (χ1) is 12.2. The van der Waals surface area contributed by atoms with E-state index in [1.54, 1.807) is 13.2 Å². The molecule has 26 heavy (non-hydrogen) atoms. The van der Waals surface area contributed by atoms with Gasteiger partial charge in [0.1, 0.15) is 0 Å². The summed E-state index contributed by atoms with van der Waals surface area (Å²) in [5.41, 5.74) is -0.438. The Morgan fingerprint density at radius 2 is 1.96 bits per heavy atom. The van der Waals surface area contributed by atoms with Crippen LogP contribution in [-0.4, -0.2) is 58.4 Å². The topological polar surface area (TPSA) is 107 Å². The fourth-order valence-electron chi connectivity index (χ4n) is 3.40. The first-order valence-electron chi connectivity index (χ1n) is 9.27. The van der Waals surface area contributed by atoms with Gasteiger partial charge in [-0.15, -0.1) is 0 Å². The third-order valence-corrected chi connectivity index (χ3v) is 5.08. The molecule has 1 unspecified atom stereocenters. The molecule has 150 valence electrons. The summed E-state index contributed by atoms with van der Waals surface area (Å²) >= 11 is 0. The molecule has 5 atom stereocenters. The Bertz CT molecular complexity index is 485. The second kappa shape index (κ2) is 10.8. The van der Waals surface area contributed by atoms with Crippen LogP contribution in [0.1, 0.15) is 46.0 Å². The number of aliphatic carboxylic acids is 1. The van der Waals surface area contributed by atoms with Gasteiger partial charge in [0.05, 0.1) is 24.9 Å². The van der Waals surface area contributed by atoms with E-state index in [0.29, 0.717) is 32.3 Å². The summed E-state index contributed by atoms with van der Waals surface area (Å²) in [5.74, 6) is -1.13. The zero-order valence-corrected chi connectivity index (χ0v) is 16.0. The Labute approximate surface area is 156 Å². The summed E-state index contributed by atoms with van der Waals surface area (Å²) < 4.78 is 5.13. The van der Waals surface area contributed by atoms with Gasteiger partial charge in [0.2, 0.25) is 0 Å². The van der Waals surface area contributed by atoms with Crippen molar-refractivity contribution in [3.63, 3.8) is 0 Å². The number of carboxylic acid groups (broad SMARTS) is 1. The Kier molecular flexibility index (Phi) is 9.50. The molecular formula is C20H34O6. The van der Waals surface area contributed by atoms with Crippen molar-refractivity contribution < 1.29 is 30.0 Å². The number of carboxylic acids is 1. The van der Waals surface area contributed by atoms with E-state index < -0.39 is 29.7 Å². The minimum absolute atomic E-state index is 0.116. The molecule has 6 heteroatoms. The molecule has 1 rings (SSSR count). The number of aliphatic hydroxyl groups excluding tert-OH is 3. The van der Waals surface area contributed by atoms with Crippen molar-refractivity contribution in [1.82, 2.24) is 0 Å². The number of hydrogen-bond acceptors (Lipinski definition) is 5. The molecule has 1 aliphatic rings. The number of methoxy groups -OCH3 is 1. The SMILES string of the molecule is COCC(C)(C)C(O)/C=C/[C@@H]1[C@@H](C/C=C\CCCC(=O)O)[C@@H](O)C[C@H]1O. The zero-order valence-electron chi connectivity index (χ0n) is 16.0. The second-order valence-electron chi connectivity index (χ2n) is 7.86. The molecule has 0 aromatic rings. The molecule has 1 saturated carbocycles. The van der Waals surface area contributed by atoms with E-state index in [0.717, 1.165) is 0 Å². The number of aliphatic hydroxyl groups is 3. The molecule has 0 spiro atoms. The van der Waals surface area contributed by atoms with E-state index in [4.69, 9.17) is 9.84 Å². The number of ether oxygens (including phenoxy) is 1. The van der Waals surface area contributed by atoms with Gasteiger partial charge in [-0.1, -0.05) is 38.2 Å². The predicted molar refractivity (Wildman–Crippen MR) is 99.7 cm³/mol. The summed E-state index contributed by atoms with van der Waals surface area (Å²) in [6, 6.07) is 0. The molecule has 0 aliphatic heterocycles. The third-order valence-electron chi connectivity index (χ3n) is 5.08. The maximum atomic E-state index is 10.5. The van der Waals surface area contributed by atoms with Gasteiger partial charge < -0.3 is 25.2 Å². The summed E-state index contributed by atoms with van der Waals surface area (Å²) in [4.78, 5) is 10.5. The van der Waals surface area contributed by atoms with Crippen LogP contribution < -0.4 is 0 Å². The number of carbonyl (C=O) groups is 1. The van der Waals surface area contributed by atoms with E-state index in [2.05, 4.69) is 0 Å². The average molecular weight is 370 g/mol. The van der Waals surface area contributed by atoms with Gasteiger partial charge in [0.25, 0.3) is 0 Å². The first-order valence-corrected chi connectivity index (χ1v) is 9.27. The van der Waals surface area contributed by atoms with Gasteiger partial charge in [0, 0.05) is 31.3 Å². The van der Waals surface area contributed by atoms with Crippen LogP contribution in [0.25, 0.3) is 0 Å². The van der Waals surface area contributed by atoms with Gasteiger partial charge >= 0.3 is 5.97 Å². The smallest absolute Gasteiger partial charge is 0.303 e. The lowest BCUT2D eigenvalue weighted by Gasteiger charge is -2.28. The average Bonchev–Trinajstić information content (AvgIpc) is 2.81. The van der Waals surface area contributed by atoms with Crippen LogP contribution in [0.4, 0.5) is 0 Å². The number of rotatable bonds is 11. The Balaban J connectivity index is 2.62. The Hall–Kier alpha value is -1.21. The zero-order chi connectivity index (χ0) is 19.7. The molecule has 0 heterocycles. The Morgan fingerprint density at radius 3 is 2.58 bits per heavy atom. The maximum Gasteiger partial charge on any atom is 0.303 e. The summed E-state index contributed by atoms with van der Waals surface area (Å²) in [6.45, 7) is 4.22. The fourth-order valence-corrected chi connectivity index (χ4v) is 3.40. The second-order valence-corrected chi connectivity index (χ2v) is 7.86. The van der Waals surface area contributed by atoms with Gasteiger partial charge in [-0.25, -0.2) is 0 Å². The molecule has 0 aromatic carbocycles. The normalized spacial score (nSPS) is 28.2. The lowest BCUT2D eigenvalue weighted by molar-refractivity contribution is -0.137. The Morgan fingerprint density at radius 1 is 1.27 bits per heavy atom. The van der Waals surface area contributed by atoms with Crippen molar-refractivity contribution >= 4 is 5.97 Å². The summed E-state index contributed by atoms with van der Waals surface area (Å²) in [6.07, 6.45) is 7.79. The molecule has 0 amide bonds. The molecule has 1 aliphatic carbocycles. The van der Waals surface area contributed by atoms with Crippen LogP contribution in [0.5, 0.6) is 0 Å². The molecule has 1 fully saturated rings. The highest BCUT2D eigenvalue weighted by molar-refractivity contribution is 5.66. The number of allylic oxidation sites excluding steroid dienone is 2. The van der Waals surface area contributed by atoms with E-state index in [1.165, 1.54) is 0 Å². The van der Waals surface area contributed by atoms with E-state index in [9.17, 15) is 20.1 Å². The molecule has 6 nitrogen and oxygen atoms in total. The molecule has 0 radical (unpaired) electrons. The highest BCUT2D eigenvalue weighted by Gasteiger charge is 2.39. The quantitative estimate of drug-likeness (QED) is 0.328. The first kappa shape index (κ1) is 22.8. The summed E-state index contributed by atoms with van der Waals surface area (Å²) in [5, 5.41) is 39.4. The van der Waals surface area contributed by atoms with Crippen molar-refractivity contribution in [1.29, 1.82) is 0 Å². The van der Waals surface area contributed by atoms with E-state index >= 15 is 0 Å². The van der Waals surface area contributed by atoms with Crippen molar-refractivity contribution in [2.75, 3.05) is 13.7 Å². The van der Waals surface area contributed by atoms with Crippen molar-refractivity contribution in [3.05, 3.63) is 24.3 Å². The lowest BCUT2D eigenvalue weighted by Crippen LogP contribution is -2.32. The van der Waals surface area contributed by atoms with Crippen LogP contribution in [0, 0.1) is 17.3 Å². The fraction of sp³-hybridized carbons (Fsp3) is 0.750. The largest absolute Gasteiger partial charge is 0.481 e. The molecule has 0 bridgehead atoms. The van der Waals surface area contributed by atoms with Gasteiger partial charge in [-0.3, -0.25) is 4.79 Å². The van der Waals surface area contributed by atoms with Crippen LogP contribution in [0.2, 0.25) is 0 Å². The van der Waals surface area contributed by atoms with Crippen molar-refractivity contribution in [2.24, 2.45) is 17.3 Å². The van der Waals surface area contributed by atoms with Gasteiger partial charge in [-0.05, 0) is 25.2 Å². The highest BCUT2D eigenvalue weighted by Crippen LogP contribution is 2.37. The maximum absolute atomic E-state index is 10.5. The van der Waals surface area contributed by atoms with E-state index in [-0.39, 0.29) is 18.3 Å². The van der Waals surface area contributed by atoms with Crippen molar-refractivity contribution in [2.45, 2.75) is 64.3 Å². The minimum Gasteiger partial charge on any atom is -0.481 e. The molecule has 0 saturated heterocycles. The number of unbranched alkanes of at least 4 members (excludes halogenated alkanes) is 1. The van der Waals surface area contributed by atoms with Crippen LogP contribution >= 0.6 is 0 Å². The molecule has 4 N–H and O–H groups in total. The van der Waals surface area contributed by atoms with Crippen LogP contribution in [0.15, 0.2) is 24.3 Å². The van der Waals surface area contributed by atoms with Gasteiger partial charge in [-0.2, -0.15) is 0 Å². The standard InChI is InChI=1S/C20H34O6/c1-20(2,13-26-3)18(23)11-10-15-14(16(21)12-17(15)22)8-6-4-5-7-9-19(24)25/h4,6,10-11,14-18,21-23H,5,7-9,12-13H2,1-3H3,(H,24,25)/b6-4-,11-10+/t14-,15-,16+,17-,18?/m1/s1. The van der Waals surface area contributed by atoms with Crippen molar-refractivity contribution in [3.8, 4) is 0 Å². The molecule has 0 aromatic heterocycles. The van der Waals surface area contributed by atoms with Crippen LogP contribution in [0.3, 0.4) is 0 Å². The summed E-state index contributed by atoms with van der Waals surface area (Å²) in [7, 11) is 1.59. The monoisotopic (exact) mass is 370 g/mol. The van der Waals surface area contributed by atoms with Gasteiger partial charge in [0.15, 0.2) is 0 Å². The molecular weight excluding hydrogens is 336 g/mol.